The average Bonchev–Trinajstić information content (AvgIpc) is 3.21. The van der Waals surface area contributed by atoms with Gasteiger partial charge < -0.3 is 8.98 Å². The molecule has 0 aliphatic heterocycles. The number of thioether (sulfide) groups is 1. The van der Waals surface area contributed by atoms with Gasteiger partial charge in [0.1, 0.15) is 0 Å². The number of rotatable bonds is 8. The van der Waals surface area contributed by atoms with Crippen molar-refractivity contribution in [3.63, 3.8) is 0 Å². The molecule has 3 aromatic rings. The van der Waals surface area contributed by atoms with Crippen molar-refractivity contribution in [2.24, 2.45) is 0 Å². The Labute approximate surface area is 157 Å². The lowest BCUT2D eigenvalue weighted by Gasteiger charge is -2.23. The third-order valence-electron chi connectivity index (χ3n) is 4.13. The van der Waals surface area contributed by atoms with Crippen LogP contribution in [0.4, 0.5) is 0 Å². The second-order valence-electron chi connectivity index (χ2n) is 6.30. The van der Waals surface area contributed by atoms with E-state index in [-0.39, 0.29) is 6.04 Å². The van der Waals surface area contributed by atoms with Crippen molar-refractivity contribution >= 4 is 11.8 Å². The molecular weight excluding hydrogens is 348 g/mol. The first-order valence-electron chi connectivity index (χ1n) is 8.63. The minimum absolute atomic E-state index is 0.214. The van der Waals surface area contributed by atoms with Crippen LogP contribution in [0.15, 0.2) is 39.9 Å². The Balaban J connectivity index is 1.88. The summed E-state index contributed by atoms with van der Waals surface area (Å²) in [6, 6.07) is 10.6. The van der Waals surface area contributed by atoms with Crippen molar-refractivity contribution in [2.75, 3.05) is 14.1 Å². The number of aromatic nitrogens is 5. The minimum Gasteiger partial charge on any atom is -0.425 e. The predicted molar refractivity (Wildman–Crippen MR) is 101 cm³/mol. The van der Waals surface area contributed by atoms with E-state index in [0.29, 0.717) is 17.5 Å². The molecule has 26 heavy (non-hydrogen) atoms. The van der Waals surface area contributed by atoms with Crippen LogP contribution in [-0.2, 0) is 12.3 Å². The fraction of sp³-hybridized carbons (Fsp3) is 0.444. The standard InChI is InChI=1S/C18H24N6OS/c1-5-15(23(3)4)17-21-22-18(26-12-16-20-19-13(2)25-16)24(17)11-14-9-7-6-8-10-14/h6-10,15H,5,11-12H2,1-4H3/t15-/m0/s1. The number of aryl methyl sites for hydroxylation is 1. The summed E-state index contributed by atoms with van der Waals surface area (Å²) >= 11 is 1.57. The first-order valence-corrected chi connectivity index (χ1v) is 9.62. The third-order valence-corrected chi connectivity index (χ3v) is 5.08. The predicted octanol–water partition coefficient (Wildman–Crippen LogP) is 3.32. The molecule has 0 fully saturated rings. The first-order chi connectivity index (χ1) is 12.6. The molecule has 0 saturated heterocycles. The molecule has 2 aromatic heterocycles. The topological polar surface area (TPSA) is 72.9 Å². The summed E-state index contributed by atoms with van der Waals surface area (Å²) in [4.78, 5) is 2.18. The Morgan fingerprint density at radius 2 is 1.88 bits per heavy atom. The van der Waals surface area contributed by atoms with Gasteiger partial charge in [0, 0.05) is 6.92 Å². The SMILES string of the molecule is CC[C@@H](c1nnc(SCc2nnc(C)o2)n1Cc1ccccc1)N(C)C. The highest BCUT2D eigenvalue weighted by molar-refractivity contribution is 7.98. The summed E-state index contributed by atoms with van der Waals surface area (Å²) < 4.78 is 7.66. The maximum absolute atomic E-state index is 5.47. The lowest BCUT2D eigenvalue weighted by atomic mass is 10.2. The van der Waals surface area contributed by atoms with Crippen LogP contribution >= 0.6 is 11.8 Å². The van der Waals surface area contributed by atoms with Crippen LogP contribution in [0.2, 0.25) is 0 Å². The summed E-state index contributed by atoms with van der Waals surface area (Å²) in [6.07, 6.45) is 0.966. The van der Waals surface area contributed by atoms with Gasteiger partial charge in [-0.2, -0.15) is 0 Å². The van der Waals surface area contributed by atoms with Gasteiger partial charge in [0.2, 0.25) is 11.8 Å². The van der Waals surface area contributed by atoms with E-state index >= 15 is 0 Å². The molecule has 0 unspecified atom stereocenters. The highest BCUT2D eigenvalue weighted by atomic mass is 32.2. The zero-order chi connectivity index (χ0) is 18.5. The average molecular weight is 372 g/mol. The van der Waals surface area contributed by atoms with Crippen molar-refractivity contribution in [2.45, 2.75) is 43.8 Å². The second-order valence-corrected chi connectivity index (χ2v) is 7.25. The Kier molecular flexibility index (Phi) is 6.05. The van der Waals surface area contributed by atoms with Crippen LogP contribution < -0.4 is 0 Å². The fourth-order valence-electron chi connectivity index (χ4n) is 2.87. The van der Waals surface area contributed by atoms with E-state index in [0.717, 1.165) is 23.9 Å². The quantitative estimate of drug-likeness (QED) is 0.562. The van der Waals surface area contributed by atoms with Gasteiger partial charge in [0.15, 0.2) is 11.0 Å². The Bertz CT molecular complexity index is 829. The fourth-order valence-corrected chi connectivity index (χ4v) is 3.65. The Morgan fingerprint density at radius 3 is 2.50 bits per heavy atom. The summed E-state index contributed by atoms with van der Waals surface area (Å²) in [5.74, 6) is 2.73. The monoisotopic (exact) mass is 372 g/mol. The van der Waals surface area contributed by atoms with Crippen molar-refractivity contribution in [3.8, 4) is 0 Å². The van der Waals surface area contributed by atoms with Crippen LogP contribution in [0.1, 0.15) is 42.6 Å². The largest absolute Gasteiger partial charge is 0.425 e. The molecule has 0 amide bonds. The Morgan fingerprint density at radius 1 is 1.12 bits per heavy atom. The molecule has 0 saturated carbocycles. The van der Waals surface area contributed by atoms with Gasteiger partial charge in [-0.05, 0) is 26.1 Å². The normalized spacial score (nSPS) is 12.7. The highest BCUT2D eigenvalue weighted by Gasteiger charge is 2.22. The smallest absolute Gasteiger partial charge is 0.226 e. The van der Waals surface area contributed by atoms with Crippen LogP contribution in [0.3, 0.4) is 0 Å². The summed E-state index contributed by atoms with van der Waals surface area (Å²) in [5.41, 5.74) is 1.22. The molecule has 3 rings (SSSR count). The molecule has 138 valence electrons. The van der Waals surface area contributed by atoms with Gasteiger partial charge in [-0.15, -0.1) is 20.4 Å². The second kappa shape index (κ2) is 8.46. The summed E-state index contributed by atoms with van der Waals surface area (Å²) in [6.45, 7) is 4.69. The first kappa shape index (κ1) is 18.6. The van der Waals surface area contributed by atoms with Crippen LogP contribution in [0.5, 0.6) is 0 Å². The van der Waals surface area contributed by atoms with Gasteiger partial charge in [-0.1, -0.05) is 49.0 Å². The number of hydrogen-bond donors (Lipinski definition) is 0. The number of hydrogen-bond acceptors (Lipinski definition) is 7. The van der Waals surface area contributed by atoms with Gasteiger partial charge in [0.05, 0.1) is 18.3 Å². The van der Waals surface area contributed by atoms with E-state index < -0.39 is 0 Å². The van der Waals surface area contributed by atoms with Gasteiger partial charge in [-0.25, -0.2) is 0 Å². The Hall–Kier alpha value is -2.19. The molecule has 0 N–H and O–H groups in total. The van der Waals surface area contributed by atoms with E-state index in [2.05, 4.69) is 75.1 Å². The number of nitrogens with zero attached hydrogens (tertiary/aromatic N) is 6. The van der Waals surface area contributed by atoms with E-state index in [1.165, 1.54) is 5.56 Å². The van der Waals surface area contributed by atoms with Crippen LogP contribution in [0, 0.1) is 6.92 Å². The van der Waals surface area contributed by atoms with E-state index in [1.54, 1.807) is 18.7 Å². The number of benzene rings is 1. The maximum atomic E-state index is 5.47. The van der Waals surface area contributed by atoms with E-state index in [4.69, 9.17) is 4.42 Å². The molecular formula is C18H24N6OS. The van der Waals surface area contributed by atoms with Crippen molar-refractivity contribution in [3.05, 3.63) is 53.5 Å². The van der Waals surface area contributed by atoms with Crippen molar-refractivity contribution in [1.82, 2.24) is 29.9 Å². The zero-order valence-corrected chi connectivity index (χ0v) is 16.4. The van der Waals surface area contributed by atoms with Crippen LogP contribution in [0.25, 0.3) is 0 Å². The molecule has 0 radical (unpaired) electrons. The molecule has 8 heteroatoms. The van der Waals surface area contributed by atoms with E-state index in [9.17, 15) is 0 Å². The maximum Gasteiger partial charge on any atom is 0.226 e. The summed E-state index contributed by atoms with van der Waals surface area (Å²) in [5, 5.41) is 17.7. The minimum atomic E-state index is 0.214. The lowest BCUT2D eigenvalue weighted by molar-refractivity contribution is 0.272. The molecule has 0 spiro atoms. The molecule has 0 bridgehead atoms. The highest BCUT2D eigenvalue weighted by Crippen LogP contribution is 2.27. The summed E-state index contributed by atoms with van der Waals surface area (Å²) in [7, 11) is 4.15. The zero-order valence-electron chi connectivity index (χ0n) is 15.6. The molecule has 1 aromatic carbocycles. The van der Waals surface area contributed by atoms with Gasteiger partial charge in [0.25, 0.3) is 0 Å². The van der Waals surface area contributed by atoms with Gasteiger partial charge >= 0.3 is 0 Å². The van der Waals surface area contributed by atoms with Crippen molar-refractivity contribution < 1.29 is 4.42 Å². The van der Waals surface area contributed by atoms with E-state index in [1.807, 2.05) is 6.07 Å². The van der Waals surface area contributed by atoms with Gasteiger partial charge in [-0.3, -0.25) is 4.90 Å². The van der Waals surface area contributed by atoms with Crippen molar-refractivity contribution in [1.29, 1.82) is 0 Å². The van der Waals surface area contributed by atoms with Crippen LogP contribution in [-0.4, -0.2) is 44.0 Å². The molecule has 2 heterocycles. The molecule has 0 aliphatic carbocycles. The third kappa shape index (κ3) is 4.31. The molecule has 1 atom stereocenters. The molecule has 7 nitrogen and oxygen atoms in total. The molecule has 0 aliphatic rings. The lowest BCUT2D eigenvalue weighted by Crippen LogP contribution is -2.23.